The second kappa shape index (κ2) is 8.84. The van der Waals surface area contributed by atoms with Crippen molar-refractivity contribution in [3.05, 3.63) is 0 Å². The third-order valence-corrected chi connectivity index (χ3v) is 7.78. The van der Waals surface area contributed by atoms with Gasteiger partial charge in [0, 0.05) is 25.7 Å². The van der Waals surface area contributed by atoms with Crippen LogP contribution in [0.3, 0.4) is 0 Å². The topological polar surface area (TPSA) is 236 Å². The monoisotopic (exact) mass is 508 g/mol. The molecule has 2 unspecified atom stereocenters. The molecule has 2 atom stereocenters. The Morgan fingerprint density at radius 3 is 1.13 bits per heavy atom. The van der Waals surface area contributed by atoms with Crippen molar-refractivity contribution in [1.29, 1.82) is 0 Å². The van der Waals surface area contributed by atoms with Crippen LogP contribution in [0.5, 0.6) is 0 Å². The maximum atomic E-state index is 12.3. The Bertz CT molecular complexity index is 995. The van der Waals surface area contributed by atoms with Crippen LogP contribution in [0.15, 0.2) is 0 Å². The summed E-state index contributed by atoms with van der Waals surface area (Å²) in [6.07, 6.45) is -1.44. The average molecular weight is 508 g/mol. The molecule has 2 N–H and O–H groups in total. The van der Waals surface area contributed by atoms with Crippen molar-refractivity contribution in [2.45, 2.75) is 36.6 Å². The van der Waals surface area contributed by atoms with Crippen LogP contribution >= 0.6 is 0 Å². The van der Waals surface area contributed by atoms with Crippen molar-refractivity contribution < 1.29 is 63.2 Å². The molecule has 2 fully saturated rings. The Labute approximate surface area is 175 Å². The van der Waals surface area contributed by atoms with Gasteiger partial charge in [-0.15, -0.1) is 0 Å². The van der Waals surface area contributed by atoms with Gasteiger partial charge in [-0.1, -0.05) is 0 Å². The summed E-state index contributed by atoms with van der Waals surface area (Å²) >= 11 is 0. The lowest BCUT2D eigenvalue weighted by Crippen LogP contribution is -2.45. The number of hydroxylamine groups is 4. The highest BCUT2D eigenvalue weighted by molar-refractivity contribution is 7.94. The van der Waals surface area contributed by atoms with Crippen molar-refractivity contribution in [3.8, 4) is 0 Å². The molecule has 0 bridgehead atoms. The molecule has 16 nitrogen and oxygen atoms in total. The molecule has 0 aromatic carbocycles. The number of imide groups is 2. The standard InChI is InChI=1S/C12H16N2O14S3/c15-7-1-2-8(16)13(7)27-11(30(21,22)23)5-29(19,20)6-12(31(24,25)26)28-14-9(17)3-4-10(14)18/h11-12H,1-6H2,(H,21,22,23)(H,24,25,26). The first-order valence-electron chi connectivity index (χ1n) is 8.19. The molecule has 2 heterocycles. The first-order chi connectivity index (χ1) is 14.0. The van der Waals surface area contributed by atoms with Crippen LogP contribution < -0.4 is 0 Å². The summed E-state index contributed by atoms with van der Waals surface area (Å²) < 4.78 is 89.0. The van der Waals surface area contributed by atoms with E-state index in [2.05, 4.69) is 9.68 Å². The summed E-state index contributed by atoms with van der Waals surface area (Å²) in [7, 11) is -15.7. The SMILES string of the molecule is O=C1CCC(=O)N1OC(CS(=O)(=O)CC(ON1C(=O)CCC1=O)S(=O)(=O)O)S(=O)(=O)O. The Hall–Kier alpha value is -2.03. The van der Waals surface area contributed by atoms with Crippen molar-refractivity contribution in [2.24, 2.45) is 0 Å². The fourth-order valence-electron chi connectivity index (χ4n) is 2.41. The van der Waals surface area contributed by atoms with Gasteiger partial charge in [-0.2, -0.15) is 27.0 Å². The number of amides is 4. The lowest BCUT2D eigenvalue weighted by atomic mass is 10.4. The summed E-state index contributed by atoms with van der Waals surface area (Å²) in [5.41, 5.74) is -5.44. The Kier molecular flexibility index (Phi) is 7.20. The van der Waals surface area contributed by atoms with Crippen LogP contribution in [0.1, 0.15) is 25.7 Å². The van der Waals surface area contributed by atoms with E-state index in [4.69, 9.17) is 0 Å². The minimum absolute atomic E-state index is 0.0493. The molecule has 2 aliphatic rings. The van der Waals surface area contributed by atoms with Crippen LogP contribution in [0, 0.1) is 0 Å². The van der Waals surface area contributed by atoms with Gasteiger partial charge in [0.15, 0.2) is 9.84 Å². The highest BCUT2D eigenvalue weighted by Crippen LogP contribution is 2.20. The lowest BCUT2D eigenvalue weighted by Gasteiger charge is -2.22. The highest BCUT2D eigenvalue weighted by atomic mass is 32.2. The number of carbonyl (C=O) groups is 4. The van der Waals surface area contributed by atoms with Gasteiger partial charge < -0.3 is 0 Å². The molecule has 0 aromatic rings. The van der Waals surface area contributed by atoms with E-state index in [0.29, 0.717) is 0 Å². The zero-order valence-corrected chi connectivity index (χ0v) is 17.8. The Morgan fingerprint density at radius 1 is 0.645 bits per heavy atom. The summed E-state index contributed by atoms with van der Waals surface area (Å²) in [5.74, 6) is -7.41. The summed E-state index contributed by atoms with van der Waals surface area (Å²) in [4.78, 5) is 55.2. The van der Waals surface area contributed by atoms with Gasteiger partial charge in [0.05, 0.1) is 11.5 Å². The van der Waals surface area contributed by atoms with Crippen molar-refractivity contribution in [2.75, 3.05) is 11.5 Å². The quantitative estimate of drug-likeness (QED) is 0.221. The number of hydrogen-bond donors (Lipinski definition) is 2. The van der Waals surface area contributed by atoms with Gasteiger partial charge in [-0.3, -0.25) is 28.3 Å². The van der Waals surface area contributed by atoms with Crippen molar-refractivity contribution in [1.82, 2.24) is 10.1 Å². The first kappa shape index (κ1) is 25.2. The van der Waals surface area contributed by atoms with E-state index in [0.717, 1.165) is 0 Å². The van der Waals surface area contributed by atoms with E-state index in [1.54, 1.807) is 0 Å². The summed E-state index contributed by atoms with van der Waals surface area (Å²) in [6.45, 7) is 0. The second-order valence-corrected chi connectivity index (χ2v) is 11.6. The number of nitrogens with zero attached hydrogens (tertiary/aromatic N) is 2. The molecule has 0 saturated carbocycles. The largest absolute Gasteiger partial charge is 0.296 e. The minimum atomic E-state index is -5.36. The molecule has 176 valence electrons. The van der Waals surface area contributed by atoms with Crippen LogP contribution in [0.2, 0.25) is 0 Å². The molecular formula is C12H16N2O14S3. The molecule has 2 saturated heterocycles. The molecule has 0 aliphatic carbocycles. The van der Waals surface area contributed by atoms with E-state index in [9.17, 15) is 53.5 Å². The van der Waals surface area contributed by atoms with Gasteiger partial charge >= 0.3 is 0 Å². The Balaban J connectivity index is 2.23. The van der Waals surface area contributed by atoms with Gasteiger partial charge in [0.25, 0.3) is 43.9 Å². The maximum Gasteiger partial charge on any atom is 0.296 e. The fraction of sp³-hybridized carbons (Fsp3) is 0.667. The van der Waals surface area contributed by atoms with Gasteiger partial charge in [-0.25, -0.2) is 18.1 Å². The highest BCUT2D eigenvalue weighted by Gasteiger charge is 2.43. The van der Waals surface area contributed by atoms with Crippen LogP contribution in [0.25, 0.3) is 0 Å². The molecule has 0 spiro atoms. The second-order valence-electron chi connectivity index (χ2n) is 6.34. The van der Waals surface area contributed by atoms with E-state index in [1.807, 2.05) is 0 Å². The summed E-state index contributed by atoms with van der Waals surface area (Å²) in [5, 5.41) is -0.0986. The molecule has 0 radical (unpaired) electrons. The van der Waals surface area contributed by atoms with Crippen molar-refractivity contribution in [3.63, 3.8) is 0 Å². The molecule has 0 aromatic heterocycles. The average Bonchev–Trinajstić information content (AvgIpc) is 3.08. The number of rotatable bonds is 10. The van der Waals surface area contributed by atoms with E-state index in [1.165, 1.54) is 0 Å². The third-order valence-electron chi connectivity index (χ3n) is 3.90. The predicted octanol–water partition coefficient (Wildman–Crippen LogP) is -3.01. The molecular weight excluding hydrogens is 492 g/mol. The first-order valence-corrected chi connectivity index (χ1v) is 13.0. The molecule has 19 heteroatoms. The number of carbonyl (C=O) groups excluding carboxylic acids is 4. The van der Waals surface area contributed by atoms with Crippen LogP contribution in [0.4, 0.5) is 0 Å². The number of hydrogen-bond acceptors (Lipinski definition) is 12. The number of sulfone groups is 1. The van der Waals surface area contributed by atoms with Crippen LogP contribution in [-0.2, 0) is 58.9 Å². The normalized spacial score (nSPS) is 20.6. The molecule has 31 heavy (non-hydrogen) atoms. The van der Waals surface area contributed by atoms with Crippen molar-refractivity contribution >= 4 is 53.7 Å². The smallest absolute Gasteiger partial charge is 0.283 e. The zero-order chi connectivity index (χ0) is 23.8. The van der Waals surface area contributed by atoms with Gasteiger partial charge in [-0.05, 0) is 0 Å². The lowest BCUT2D eigenvalue weighted by molar-refractivity contribution is -0.191. The third kappa shape index (κ3) is 6.48. The zero-order valence-electron chi connectivity index (χ0n) is 15.3. The summed E-state index contributed by atoms with van der Waals surface area (Å²) in [6, 6.07) is 0. The minimum Gasteiger partial charge on any atom is -0.283 e. The Morgan fingerprint density at radius 2 is 0.903 bits per heavy atom. The maximum absolute atomic E-state index is 12.3. The van der Waals surface area contributed by atoms with Gasteiger partial charge in [0.2, 0.25) is 10.9 Å². The molecule has 4 amide bonds. The molecule has 2 aliphatic heterocycles. The van der Waals surface area contributed by atoms with Gasteiger partial charge in [0.1, 0.15) is 0 Å². The van der Waals surface area contributed by atoms with E-state index >= 15 is 0 Å². The van der Waals surface area contributed by atoms with E-state index < -0.39 is 76.1 Å². The molecule has 2 rings (SSSR count). The fourth-order valence-corrected chi connectivity index (χ4v) is 6.50. The van der Waals surface area contributed by atoms with Crippen LogP contribution in [-0.4, -0.2) is 90.5 Å². The van der Waals surface area contributed by atoms with E-state index in [-0.39, 0.29) is 35.8 Å². The predicted molar refractivity (Wildman–Crippen MR) is 93.7 cm³/mol.